The van der Waals surface area contributed by atoms with Crippen molar-refractivity contribution in [1.82, 2.24) is 0 Å². The number of carbonyl (C=O) groups excluding carboxylic acids is 1. The predicted octanol–water partition coefficient (Wildman–Crippen LogP) is 3.24. The molecule has 0 aliphatic carbocycles. The molecule has 0 heterocycles. The highest BCUT2D eigenvalue weighted by atomic mass is 19.1. The summed E-state index contributed by atoms with van der Waals surface area (Å²) in [7, 11) is 0. The summed E-state index contributed by atoms with van der Waals surface area (Å²) < 4.78 is 31.9. The van der Waals surface area contributed by atoms with Crippen LogP contribution >= 0.6 is 0 Å². The van der Waals surface area contributed by atoms with Crippen molar-refractivity contribution in [3.8, 4) is 11.8 Å². The Labute approximate surface area is 125 Å². The number of nitrogens with zero attached hydrogens (tertiary/aromatic N) is 1. The topological polar surface area (TPSA) is 62.1 Å². The second-order valence-electron chi connectivity index (χ2n) is 4.51. The first-order valence-electron chi connectivity index (χ1n) is 6.42. The van der Waals surface area contributed by atoms with Gasteiger partial charge in [-0.05, 0) is 43.3 Å². The molecule has 0 unspecified atom stereocenters. The highest BCUT2D eigenvalue weighted by Crippen LogP contribution is 2.17. The number of benzene rings is 2. The SMILES string of the molecule is C[C@@H](Oc1ccc(C#N)cc1)C(=O)Nc1cc(F)ccc1F. The Morgan fingerprint density at radius 3 is 2.55 bits per heavy atom. The second kappa shape index (κ2) is 6.68. The van der Waals surface area contributed by atoms with E-state index >= 15 is 0 Å². The van der Waals surface area contributed by atoms with Crippen LogP contribution in [0.1, 0.15) is 12.5 Å². The molecule has 1 amide bonds. The molecule has 0 saturated carbocycles. The first-order chi connectivity index (χ1) is 10.5. The first kappa shape index (κ1) is 15.4. The molecule has 0 bridgehead atoms. The van der Waals surface area contributed by atoms with Crippen LogP contribution in [0, 0.1) is 23.0 Å². The maximum atomic E-state index is 13.5. The maximum absolute atomic E-state index is 13.5. The number of nitrogens with one attached hydrogen (secondary N) is 1. The molecule has 2 rings (SSSR count). The minimum Gasteiger partial charge on any atom is -0.481 e. The molecule has 4 nitrogen and oxygen atoms in total. The number of hydrogen-bond donors (Lipinski definition) is 1. The molecule has 1 atom stereocenters. The molecule has 6 heteroatoms. The fraction of sp³-hybridized carbons (Fsp3) is 0.125. The van der Waals surface area contributed by atoms with E-state index < -0.39 is 23.6 Å². The van der Waals surface area contributed by atoms with Crippen molar-refractivity contribution < 1.29 is 18.3 Å². The van der Waals surface area contributed by atoms with E-state index in [0.29, 0.717) is 11.3 Å². The summed E-state index contributed by atoms with van der Waals surface area (Å²) in [6.07, 6.45) is -0.921. The van der Waals surface area contributed by atoms with Crippen molar-refractivity contribution >= 4 is 11.6 Å². The molecule has 0 fully saturated rings. The van der Waals surface area contributed by atoms with Gasteiger partial charge in [0.25, 0.3) is 5.91 Å². The van der Waals surface area contributed by atoms with Gasteiger partial charge in [0.05, 0.1) is 17.3 Å². The van der Waals surface area contributed by atoms with Crippen molar-refractivity contribution in [2.75, 3.05) is 5.32 Å². The quantitative estimate of drug-likeness (QED) is 0.943. The van der Waals surface area contributed by atoms with E-state index in [0.717, 1.165) is 18.2 Å². The number of hydrogen-bond acceptors (Lipinski definition) is 3. The monoisotopic (exact) mass is 302 g/mol. The standard InChI is InChI=1S/C16H12F2N2O2/c1-10(22-13-5-2-11(9-19)3-6-13)16(21)20-15-8-12(17)4-7-14(15)18/h2-8,10H,1H3,(H,20,21)/t10-/m1/s1. The smallest absolute Gasteiger partial charge is 0.265 e. The normalized spacial score (nSPS) is 11.4. The number of rotatable bonds is 4. The van der Waals surface area contributed by atoms with Gasteiger partial charge < -0.3 is 10.1 Å². The van der Waals surface area contributed by atoms with Crippen LogP contribution in [-0.2, 0) is 4.79 Å². The van der Waals surface area contributed by atoms with Crippen LogP contribution in [0.3, 0.4) is 0 Å². The lowest BCUT2D eigenvalue weighted by Crippen LogP contribution is -2.30. The Morgan fingerprint density at radius 1 is 1.23 bits per heavy atom. The molecule has 112 valence electrons. The first-order valence-corrected chi connectivity index (χ1v) is 6.42. The molecule has 0 aromatic heterocycles. The molecule has 2 aromatic rings. The molecule has 22 heavy (non-hydrogen) atoms. The van der Waals surface area contributed by atoms with Gasteiger partial charge in [-0.1, -0.05) is 0 Å². The van der Waals surface area contributed by atoms with Gasteiger partial charge in [0.15, 0.2) is 6.10 Å². The summed E-state index contributed by atoms with van der Waals surface area (Å²) >= 11 is 0. The van der Waals surface area contributed by atoms with E-state index in [1.165, 1.54) is 6.92 Å². The summed E-state index contributed by atoms with van der Waals surface area (Å²) in [6, 6.07) is 10.9. The fourth-order valence-corrected chi connectivity index (χ4v) is 1.69. The molecular weight excluding hydrogens is 290 g/mol. The van der Waals surface area contributed by atoms with Crippen molar-refractivity contribution in [1.29, 1.82) is 5.26 Å². The molecule has 0 aliphatic heterocycles. The van der Waals surface area contributed by atoms with Crippen LogP contribution < -0.4 is 10.1 Å². The van der Waals surface area contributed by atoms with E-state index in [-0.39, 0.29) is 5.69 Å². The molecule has 0 spiro atoms. The van der Waals surface area contributed by atoms with E-state index in [1.807, 2.05) is 6.07 Å². The fourth-order valence-electron chi connectivity index (χ4n) is 1.69. The third-order valence-corrected chi connectivity index (χ3v) is 2.85. The lowest BCUT2D eigenvalue weighted by molar-refractivity contribution is -0.122. The minimum atomic E-state index is -0.921. The summed E-state index contributed by atoms with van der Waals surface area (Å²) in [5.41, 5.74) is 0.214. The highest BCUT2D eigenvalue weighted by molar-refractivity contribution is 5.94. The van der Waals surface area contributed by atoms with Crippen LogP contribution in [0.2, 0.25) is 0 Å². The molecule has 0 saturated heterocycles. The summed E-state index contributed by atoms with van der Waals surface area (Å²) in [5, 5.41) is 11.0. The van der Waals surface area contributed by atoms with Gasteiger partial charge in [0, 0.05) is 6.07 Å². The Kier molecular flexibility index (Phi) is 4.69. The molecule has 0 radical (unpaired) electrons. The minimum absolute atomic E-state index is 0.250. The lowest BCUT2D eigenvalue weighted by atomic mass is 10.2. The van der Waals surface area contributed by atoms with Gasteiger partial charge in [-0.25, -0.2) is 8.78 Å². The molecular formula is C16H12F2N2O2. The zero-order valence-corrected chi connectivity index (χ0v) is 11.6. The van der Waals surface area contributed by atoms with Crippen LogP contribution in [0.15, 0.2) is 42.5 Å². The van der Waals surface area contributed by atoms with Gasteiger partial charge in [-0.15, -0.1) is 0 Å². The second-order valence-corrected chi connectivity index (χ2v) is 4.51. The van der Waals surface area contributed by atoms with Gasteiger partial charge in [0.1, 0.15) is 17.4 Å². The van der Waals surface area contributed by atoms with E-state index in [4.69, 9.17) is 10.00 Å². The Morgan fingerprint density at radius 2 is 1.91 bits per heavy atom. The summed E-state index contributed by atoms with van der Waals surface area (Å²) in [6.45, 7) is 1.48. The van der Waals surface area contributed by atoms with E-state index in [1.54, 1.807) is 24.3 Å². The van der Waals surface area contributed by atoms with Crippen LogP contribution in [0.4, 0.5) is 14.5 Å². The van der Waals surface area contributed by atoms with Crippen molar-refractivity contribution in [2.24, 2.45) is 0 Å². The van der Waals surface area contributed by atoms with Gasteiger partial charge >= 0.3 is 0 Å². The van der Waals surface area contributed by atoms with Crippen molar-refractivity contribution in [3.63, 3.8) is 0 Å². The van der Waals surface area contributed by atoms with Crippen LogP contribution in [0.25, 0.3) is 0 Å². The average Bonchev–Trinajstić information content (AvgIpc) is 2.51. The van der Waals surface area contributed by atoms with Crippen LogP contribution in [0.5, 0.6) is 5.75 Å². The zero-order chi connectivity index (χ0) is 16.1. The largest absolute Gasteiger partial charge is 0.481 e. The van der Waals surface area contributed by atoms with Gasteiger partial charge in [-0.2, -0.15) is 5.26 Å². The van der Waals surface area contributed by atoms with Gasteiger partial charge in [-0.3, -0.25) is 4.79 Å². The van der Waals surface area contributed by atoms with Crippen molar-refractivity contribution in [2.45, 2.75) is 13.0 Å². The molecule has 0 aliphatic rings. The molecule has 1 N–H and O–H groups in total. The summed E-state index contributed by atoms with van der Waals surface area (Å²) in [4.78, 5) is 11.9. The molecule has 2 aromatic carbocycles. The number of anilines is 1. The lowest BCUT2D eigenvalue weighted by Gasteiger charge is -2.15. The van der Waals surface area contributed by atoms with Crippen molar-refractivity contribution in [3.05, 3.63) is 59.7 Å². The third-order valence-electron chi connectivity index (χ3n) is 2.85. The highest BCUT2D eigenvalue weighted by Gasteiger charge is 2.17. The zero-order valence-electron chi connectivity index (χ0n) is 11.6. The van der Waals surface area contributed by atoms with Crippen LogP contribution in [-0.4, -0.2) is 12.0 Å². The number of carbonyl (C=O) groups is 1. The number of nitriles is 1. The average molecular weight is 302 g/mol. The summed E-state index contributed by atoms with van der Waals surface area (Å²) in [5.74, 6) is -1.62. The number of ether oxygens (including phenoxy) is 1. The van der Waals surface area contributed by atoms with E-state index in [9.17, 15) is 13.6 Å². The number of halogens is 2. The predicted molar refractivity (Wildman–Crippen MR) is 76.2 cm³/mol. The Hall–Kier alpha value is -2.94. The van der Waals surface area contributed by atoms with E-state index in [2.05, 4.69) is 5.32 Å². The van der Waals surface area contributed by atoms with Gasteiger partial charge in [0.2, 0.25) is 0 Å². The maximum Gasteiger partial charge on any atom is 0.265 e. The number of amides is 1. The Balaban J connectivity index is 2.02. The third kappa shape index (κ3) is 3.79. The Bertz CT molecular complexity index is 724.